The van der Waals surface area contributed by atoms with Gasteiger partial charge in [-0.3, -0.25) is 9.59 Å². The minimum atomic E-state index is -0.234. The second kappa shape index (κ2) is 7.77. The van der Waals surface area contributed by atoms with Crippen LogP contribution in [0.4, 0.5) is 5.69 Å². The van der Waals surface area contributed by atoms with E-state index >= 15 is 0 Å². The number of hydrogen-bond acceptors (Lipinski definition) is 4. The lowest BCUT2D eigenvalue weighted by molar-refractivity contribution is 0.101. The van der Waals surface area contributed by atoms with Crippen LogP contribution in [0.3, 0.4) is 0 Å². The molecular weight excluding hydrogens is 332 g/mol. The number of rotatable bonds is 5. The maximum atomic E-state index is 12.6. The summed E-state index contributed by atoms with van der Waals surface area (Å²) in [6.07, 6.45) is 1.67. The third kappa shape index (κ3) is 4.33. The first-order valence-corrected chi connectivity index (χ1v) is 8.55. The topological polar surface area (TPSA) is 59.1 Å². The van der Waals surface area contributed by atoms with E-state index in [0.29, 0.717) is 21.8 Å². The third-order valence-electron chi connectivity index (χ3n) is 3.52. The van der Waals surface area contributed by atoms with Crippen LogP contribution in [0.1, 0.15) is 27.6 Å². The Labute approximate surface area is 150 Å². The van der Waals surface area contributed by atoms with Gasteiger partial charge in [-0.15, -0.1) is 0 Å². The maximum Gasteiger partial charge on any atom is 0.258 e. The number of ketones is 1. The van der Waals surface area contributed by atoms with E-state index in [1.165, 1.54) is 18.7 Å². The van der Waals surface area contributed by atoms with Crippen molar-refractivity contribution >= 4 is 29.1 Å². The van der Waals surface area contributed by atoms with E-state index in [-0.39, 0.29) is 11.7 Å². The standard InChI is InChI=1S/C20H16N2O2S/c1-14(23)15-9-11-16(12-10-15)22-19(24)18-8-5-13-21-20(18)25-17-6-3-2-4-7-17/h2-13H,1H3,(H,22,24). The third-order valence-corrected chi connectivity index (χ3v) is 4.55. The van der Waals surface area contributed by atoms with Crippen molar-refractivity contribution in [2.75, 3.05) is 5.32 Å². The molecule has 0 unspecified atom stereocenters. The molecular formula is C20H16N2O2S. The van der Waals surface area contributed by atoms with E-state index in [1.54, 1.807) is 42.6 Å². The first-order valence-electron chi connectivity index (χ1n) is 7.74. The molecule has 0 saturated heterocycles. The van der Waals surface area contributed by atoms with Crippen molar-refractivity contribution < 1.29 is 9.59 Å². The molecule has 1 aromatic heterocycles. The summed E-state index contributed by atoms with van der Waals surface area (Å²) in [4.78, 5) is 29.3. The Bertz CT molecular complexity index is 893. The average Bonchev–Trinajstić information content (AvgIpc) is 2.63. The summed E-state index contributed by atoms with van der Waals surface area (Å²) in [6.45, 7) is 1.51. The molecule has 0 saturated carbocycles. The van der Waals surface area contributed by atoms with Gasteiger partial charge in [-0.25, -0.2) is 4.98 Å². The Morgan fingerprint density at radius 1 is 0.920 bits per heavy atom. The molecule has 3 rings (SSSR count). The van der Waals surface area contributed by atoms with E-state index in [4.69, 9.17) is 0 Å². The van der Waals surface area contributed by atoms with Crippen LogP contribution in [-0.4, -0.2) is 16.7 Å². The highest BCUT2D eigenvalue weighted by Crippen LogP contribution is 2.28. The van der Waals surface area contributed by atoms with Gasteiger partial charge in [-0.2, -0.15) is 0 Å². The SMILES string of the molecule is CC(=O)c1ccc(NC(=O)c2cccnc2Sc2ccccc2)cc1. The summed E-state index contributed by atoms with van der Waals surface area (Å²) in [7, 11) is 0. The summed E-state index contributed by atoms with van der Waals surface area (Å²) >= 11 is 1.44. The maximum absolute atomic E-state index is 12.6. The molecule has 4 nitrogen and oxygen atoms in total. The molecule has 0 atom stereocenters. The summed E-state index contributed by atoms with van der Waals surface area (Å²) in [5.41, 5.74) is 1.75. The van der Waals surface area contributed by atoms with E-state index in [0.717, 1.165) is 4.90 Å². The predicted molar refractivity (Wildman–Crippen MR) is 99.2 cm³/mol. The van der Waals surface area contributed by atoms with Gasteiger partial charge >= 0.3 is 0 Å². The number of anilines is 1. The van der Waals surface area contributed by atoms with Crippen LogP contribution in [0.5, 0.6) is 0 Å². The van der Waals surface area contributed by atoms with Crippen molar-refractivity contribution in [1.82, 2.24) is 4.98 Å². The van der Waals surface area contributed by atoms with Crippen molar-refractivity contribution in [3.8, 4) is 0 Å². The Kier molecular flexibility index (Phi) is 5.26. The highest BCUT2D eigenvalue weighted by atomic mass is 32.2. The predicted octanol–water partition coefficient (Wildman–Crippen LogP) is 4.69. The number of nitrogens with zero attached hydrogens (tertiary/aromatic N) is 1. The highest BCUT2D eigenvalue weighted by molar-refractivity contribution is 7.99. The first-order chi connectivity index (χ1) is 12.1. The summed E-state index contributed by atoms with van der Waals surface area (Å²) < 4.78 is 0. The van der Waals surface area contributed by atoms with Gasteiger partial charge in [0.2, 0.25) is 0 Å². The fraction of sp³-hybridized carbons (Fsp3) is 0.0500. The number of hydrogen-bond donors (Lipinski definition) is 1. The van der Waals surface area contributed by atoms with Crippen molar-refractivity contribution in [1.29, 1.82) is 0 Å². The van der Waals surface area contributed by atoms with Gasteiger partial charge in [0.25, 0.3) is 5.91 Å². The van der Waals surface area contributed by atoms with Gasteiger partial charge in [0, 0.05) is 22.3 Å². The van der Waals surface area contributed by atoms with E-state index < -0.39 is 0 Å². The van der Waals surface area contributed by atoms with Gasteiger partial charge < -0.3 is 5.32 Å². The second-order valence-corrected chi connectivity index (χ2v) is 6.42. The van der Waals surface area contributed by atoms with Crippen molar-refractivity contribution in [2.45, 2.75) is 16.8 Å². The van der Waals surface area contributed by atoms with Crippen LogP contribution in [0, 0.1) is 0 Å². The number of carbonyl (C=O) groups excluding carboxylic acids is 2. The second-order valence-electron chi connectivity index (χ2n) is 5.36. The molecule has 25 heavy (non-hydrogen) atoms. The molecule has 0 aliphatic heterocycles. The van der Waals surface area contributed by atoms with Crippen LogP contribution >= 0.6 is 11.8 Å². The van der Waals surface area contributed by atoms with Crippen LogP contribution in [-0.2, 0) is 0 Å². The van der Waals surface area contributed by atoms with Gasteiger partial charge in [0.1, 0.15) is 5.03 Å². The minimum Gasteiger partial charge on any atom is -0.322 e. The fourth-order valence-electron chi connectivity index (χ4n) is 2.23. The van der Waals surface area contributed by atoms with E-state index in [9.17, 15) is 9.59 Å². The lowest BCUT2D eigenvalue weighted by Gasteiger charge is -2.09. The molecule has 1 heterocycles. The van der Waals surface area contributed by atoms with Gasteiger partial charge in [-0.1, -0.05) is 30.0 Å². The number of nitrogens with one attached hydrogen (secondary N) is 1. The van der Waals surface area contributed by atoms with Crippen LogP contribution in [0.15, 0.2) is 82.8 Å². The molecule has 2 aromatic carbocycles. The highest BCUT2D eigenvalue weighted by Gasteiger charge is 2.14. The lowest BCUT2D eigenvalue weighted by Crippen LogP contribution is -2.13. The summed E-state index contributed by atoms with van der Waals surface area (Å²) in [6, 6.07) is 20.1. The molecule has 5 heteroatoms. The van der Waals surface area contributed by atoms with Gasteiger partial charge in [0.05, 0.1) is 5.56 Å². The summed E-state index contributed by atoms with van der Waals surface area (Å²) in [5, 5.41) is 3.49. The molecule has 0 spiro atoms. The number of Topliss-reactive ketones (excluding diaryl/α,β-unsaturated/α-hetero) is 1. The number of pyridine rings is 1. The zero-order valence-corrected chi connectivity index (χ0v) is 14.4. The Hall–Kier alpha value is -2.92. The van der Waals surface area contributed by atoms with Crippen molar-refractivity contribution in [3.63, 3.8) is 0 Å². The Balaban J connectivity index is 1.79. The Morgan fingerprint density at radius 2 is 1.64 bits per heavy atom. The normalized spacial score (nSPS) is 10.3. The zero-order valence-electron chi connectivity index (χ0n) is 13.6. The minimum absolute atomic E-state index is 0.00770. The monoisotopic (exact) mass is 348 g/mol. The fourth-order valence-corrected chi connectivity index (χ4v) is 3.13. The molecule has 3 aromatic rings. The largest absolute Gasteiger partial charge is 0.322 e. The van der Waals surface area contributed by atoms with Crippen LogP contribution < -0.4 is 5.32 Å². The smallest absolute Gasteiger partial charge is 0.258 e. The molecule has 0 aliphatic carbocycles. The zero-order chi connectivity index (χ0) is 17.6. The quantitative estimate of drug-likeness (QED) is 0.680. The van der Waals surface area contributed by atoms with Crippen molar-refractivity contribution in [2.24, 2.45) is 0 Å². The average molecular weight is 348 g/mol. The number of aromatic nitrogens is 1. The molecule has 0 fully saturated rings. The van der Waals surface area contributed by atoms with E-state index in [2.05, 4.69) is 10.3 Å². The van der Waals surface area contributed by atoms with Gasteiger partial charge in [-0.05, 0) is 55.5 Å². The molecule has 0 radical (unpaired) electrons. The van der Waals surface area contributed by atoms with Crippen LogP contribution in [0.2, 0.25) is 0 Å². The first kappa shape index (κ1) is 16.9. The number of amides is 1. The number of carbonyl (C=O) groups is 2. The molecule has 1 amide bonds. The molecule has 1 N–H and O–H groups in total. The van der Waals surface area contributed by atoms with E-state index in [1.807, 2.05) is 30.3 Å². The number of benzene rings is 2. The summed E-state index contributed by atoms with van der Waals surface area (Å²) in [5.74, 6) is -0.242. The lowest BCUT2D eigenvalue weighted by atomic mass is 10.1. The molecule has 124 valence electrons. The molecule has 0 aliphatic rings. The van der Waals surface area contributed by atoms with Crippen LogP contribution in [0.25, 0.3) is 0 Å². The molecule has 0 bridgehead atoms. The Morgan fingerprint density at radius 3 is 2.32 bits per heavy atom. The van der Waals surface area contributed by atoms with Gasteiger partial charge in [0.15, 0.2) is 5.78 Å². The van der Waals surface area contributed by atoms with Crippen molar-refractivity contribution in [3.05, 3.63) is 84.1 Å².